The molecule has 132 valence electrons. The van der Waals surface area contributed by atoms with Gasteiger partial charge in [-0.15, -0.1) is 0 Å². The van der Waals surface area contributed by atoms with Crippen LogP contribution in [0, 0.1) is 11.8 Å². The van der Waals surface area contributed by atoms with Crippen LogP contribution in [0.1, 0.15) is 50.4 Å². The molecule has 4 atom stereocenters. The van der Waals surface area contributed by atoms with E-state index in [-0.39, 0.29) is 27.6 Å². The van der Waals surface area contributed by atoms with Crippen molar-refractivity contribution in [2.24, 2.45) is 11.8 Å². The predicted octanol–water partition coefficient (Wildman–Crippen LogP) is 4.48. The Labute approximate surface area is 152 Å². The largest absolute Gasteiger partial charge is 0.449 e. The second-order valence-corrected chi connectivity index (χ2v) is 7.34. The van der Waals surface area contributed by atoms with E-state index in [2.05, 4.69) is 19.2 Å². The van der Waals surface area contributed by atoms with Crippen molar-refractivity contribution in [2.45, 2.75) is 52.2 Å². The number of esters is 1. The van der Waals surface area contributed by atoms with Crippen LogP contribution in [0.4, 0.5) is 0 Å². The summed E-state index contributed by atoms with van der Waals surface area (Å²) in [4.78, 5) is 24.6. The van der Waals surface area contributed by atoms with Crippen molar-refractivity contribution >= 4 is 35.1 Å². The lowest BCUT2D eigenvalue weighted by Crippen LogP contribution is -2.47. The highest BCUT2D eigenvalue weighted by Crippen LogP contribution is 2.29. The van der Waals surface area contributed by atoms with Gasteiger partial charge in [0.15, 0.2) is 6.10 Å². The van der Waals surface area contributed by atoms with Gasteiger partial charge in [0.2, 0.25) is 0 Å². The molecule has 0 radical (unpaired) electrons. The molecule has 0 saturated heterocycles. The molecule has 1 aromatic carbocycles. The van der Waals surface area contributed by atoms with Crippen molar-refractivity contribution in [2.75, 3.05) is 0 Å². The van der Waals surface area contributed by atoms with Gasteiger partial charge in [0.1, 0.15) is 0 Å². The third-order valence-corrected chi connectivity index (χ3v) is 5.48. The van der Waals surface area contributed by atoms with Crippen LogP contribution in [0.25, 0.3) is 0 Å². The zero-order chi connectivity index (χ0) is 17.9. The van der Waals surface area contributed by atoms with E-state index < -0.39 is 12.1 Å². The minimum Gasteiger partial charge on any atom is -0.449 e. The molecular weight excluding hydrogens is 349 g/mol. The number of halogens is 2. The van der Waals surface area contributed by atoms with Crippen molar-refractivity contribution < 1.29 is 14.3 Å². The normalized spacial score (nSPS) is 25.0. The number of benzene rings is 1. The average Bonchev–Trinajstić information content (AvgIpc) is 2.51. The predicted molar refractivity (Wildman–Crippen MR) is 95.4 cm³/mol. The van der Waals surface area contributed by atoms with Gasteiger partial charge in [-0.3, -0.25) is 4.79 Å². The molecule has 1 aromatic rings. The summed E-state index contributed by atoms with van der Waals surface area (Å²) in [6.07, 6.45) is 2.33. The number of carbonyl (C=O) groups is 2. The molecule has 0 heterocycles. The summed E-state index contributed by atoms with van der Waals surface area (Å²) in [6.45, 7) is 5.90. The Hall–Kier alpha value is -1.26. The number of carbonyl (C=O) groups excluding carboxylic acids is 2. The number of nitrogens with one attached hydrogen (secondary N) is 1. The van der Waals surface area contributed by atoms with Crippen LogP contribution in [0.5, 0.6) is 0 Å². The quantitative estimate of drug-likeness (QED) is 0.793. The van der Waals surface area contributed by atoms with Crippen LogP contribution in [-0.4, -0.2) is 24.0 Å². The molecule has 1 aliphatic rings. The Balaban J connectivity index is 1.97. The van der Waals surface area contributed by atoms with Gasteiger partial charge in [-0.25, -0.2) is 4.79 Å². The fraction of sp³-hybridized carbons (Fsp3) is 0.556. The van der Waals surface area contributed by atoms with E-state index in [0.29, 0.717) is 11.8 Å². The second kappa shape index (κ2) is 8.21. The molecule has 1 N–H and O–H groups in total. The highest BCUT2D eigenvalue weighted by Gasteiger charge is 2.30. The first-order valence-electron chi connectivity index (χ1n) is 8.26. The molecule has 1 amide bonds. The first-order valence-corrected chi connectivity index (χ1v) is 9.02. The van der Waals surface area contributed by atoms with Crippen molar-refractivity contribution in [1.29, 1.82) is 0 Å². The monoisotopic (exact) mass is 371 g/mol. The highest BCUT2D eigenvalue weighted by atomic mass is 35.5. The SMILES string of the molecule is C[C@@H]1[C@@H](C)CCC[C@H]1NC(=O)[C@@H](C)OC(=O)c1c(Cl)cccc1Cl. The smallest absolute Gasteiger partial charge is 0.341 e. The summed E-state index contributed by atoms with van der Waals surface area (Å²) >= 11 is 12.0. The van der Waals surface area contributed by atoms with Crippen LogP contribution in [0.15, 0.2) is 18.2 Å². The lowest BCUT2D eigenvalue weighted by molar-refractivity contribution is -0.130. The Morgan fingerprint density at radius 2 is 1.83 bits per heavy atom. The standard InChI is InChI=1S/C18H23Cl2NO3/c1-10-6-4-9-15(11(10)2)21-17(22)12(3)24-18(23)16-13(19)7-5-8-14(16)20/h5,7-8,10-12,15H,4,6,9H2,1-3H3,(H,21,22)/t10-,11+,12+,15+/m0/s1. The minimum atomic E-state index is -0.908. The third-order valence-electron chi connectivity index (χ3n) is 4.85. The molecule has 1 fully saturated rings. The zero-order valence-electron chi connectivity index (χ0n) is 14.1. The molecule has 24 heavy (non-hydrogen) atoms. The molecule has 2 rings (SSSR count). The van der Waals surface area contributed by atoms with Gasteiger partial charge in [-0.1, -0.05) is 56.0 Å². The minimum absolute atomic E-state index is 0.0835. The van der Waals surface area contributed by atoms with Gasteiger partial charge in [0.25, 0.3) is 5.91 Å². The van der Waals surface area contributed by atoms with Gasteiger partial charge in [0, 0.05) is 6.04 Å². The first kappa shape index (κ1) is 19.1. The zero-order valence-corrected chi connectivity index (χ0v) is 15.7. The van der Waals surface area contributed by atoms with Gasteiger partial charge < -0.3 is 10.1 Å². The number of rotatable bonds is 4. The third kappa shape index (κ3) is 4.42. The summed E-state index contributed by atoms with van der Waals surface area (Å²) in [5, 5.41) is 3.41. The summed E-state index contributed by atoms with van der Waals surface area (Å²) in [6, 6.07) is 4.87. The molecule has 6 heteroatoms. The first-order chi connectivity index (χ1) is 11.3. The van der Waals surface area contributed by atoms with E-state index in [1.807, 2.05) is 0 Å². The van der Waals surface area contributed by atoms with Crippen molar-refractivity contribution in [3.8, 4) is 0 Å². The molecular formula is C18H23Cl2NO3. The Kier molecular flexibility index (Phi) is 6.53. The number of hydrogen-bond donors (Lipinski definition) is 1. The summed E-state index contributed by atoms with van der Waals surface area (Å²) < 4.78 is 5.24. The molecule has 0 aromatic heterocycles. The van der Waals surface area contributed by atoms with E-state index >= 15 is 0 Å². The Bertz CT molecular complexity index is 600. The van der Waals surface area contributed by atoms with Crippen LogP contribution >= 0.6 is 23.2 Å². The summed E-state index contributed by atoms with van der Waals surface area (Å²) in [5.74, 6) is -0.0109. The highest BCUT2D eigenvalue weighted by molar-refractivity contribution is 6.39. The van der Waals surface area contributed by atoms with Crippen LogP contribution in [0.2, 0.25) is 10.0 Å². The van der Waals surface area contributed by atoms with Crippen molar-refractivity contribution in [3.05, 3.63) is 33.8 Å². The number of ether oxygens (including phenoxy) is 1. The maximum absolute atomic E-state index is 12.3. The lowest BCUT2D eigenvalue weighted by Gasteiger charge is -2.35. The van der Waals surface area contributed by atoms with Gasteiger partial charge in [-0.05, 0) is 37.3 Å². The molecule has 0 unspecified atom stereocenters. The molecule has 0 aliphatic heterocycles. The summed E-state index contributed by atoms with van der Waals surface area (Å²) in [7, 11) is 0. The van der Waals surface area contributed by atoms with Gasteiger partial charge in [0.05, 0.1) is 15.6 Å². The van der Waals surface area contributed by atoms with Crippen LogP contribution in [-0.2, 0) is 9.53 Å². The molecule has 1 saturated carbocycles. The average molecular weight is 372 g/mol. The molecule has 0 spiro atoms. The maximum Gasteiger partial charge on any atom is 0.341 e. The topological polar surface area (TPSA) is 55.4 Å². The van der Waals surface area contributed by atoms with Crippen LogP contribution < -0.4 is 5.32 Å². The van der Waals surface area contributed by atoms with E-state index in [1.165, 1.54) is 6.42 Å². The molecule has 4 nitrogen and oxygen atoms in total. The van der Waals surface area contributed by atoms with Crippen molar-refractivity contribution in [3.63, 3.8) is 0 Å². The van der Waals surface area contributed by atoms with Gasteiger partial charge in [-0.2, -0.15) is 0 Å². The number of hydrogen-bond acceptors (Lipinski definition) is 3. The van der Waals surface area contributed by atoms with Crippen molar-refractivity contribution in [1.82, 2.24) is 5.32 Å². The van der Waals surface area contributed by atoms with E-state index in [1.54, 1.807) is 25.1 Å². The fourth-order valence-electron chi connectivity index (χ4n) is 3.05. The van der Waals surface area contributed by atoms with Crippen LogP contribution in [0.3, 0.4) is 0 Å². The lowest BCUT2D eigenvalue weighted by atomic mass is 9.78. The maximum atomic E-state index is 12.3. The molecule has 0 bridgehead atoms. The fourth-order valence-corrected chi connectivity index (χ4v) is 3.60. The second-order valence-electron chi connectivity index (χ2n) is 6.53. The Morgan fingerprint density at radius 1 is 1.21 bits per heavy atom. The number of amides is 1. The van der Waals surface area contributed by atoms with E-state index in [9.17, 15) is 9.59 Å². The van der Waals surface area contributed by atoms with E-state index in [0.717, 1.165) is 12.8 Å². The summed E-state index contributed by atoms with van der Waals surface area (Å²) in [5.41, 5.74) is 0.0835. The Morgan fingerprint density at radius 3 is 2.46 bits per heavy atom. The van der Waals surface area contributed by atoms with E-state index in [4.69, 9.17) is 27.9 Å². The molecule has 1 aliphatic carbocycles. The van der Waals surface area contributed by atoms with Gasteiger partial charge >= 0.3 is 5.97 Å².